The molecule has 0 saturated carbocycles. The number of fused-ring (bicyclic) bond motifs is 1. The molecule has 1 saturated heterocycles. The predicted octanol–water partition coefficient (Wildman–Crippen LogP) is 4.48. The Morgan fingerprint density at radius 1 is 0.938 bits per heavy atom. The van der Waals surface area contributed by atoms with Crippen molar-refractivity contribution in [3.63, 3.8) is 0 Å². The molecule has 5 rings (SSSR count). The van der Waals surface area contributed by atoms with Crippen LogP contribution in [-0.2, 0) is 12.8 Å². The zero-order chi connectivity index (χ0) is 22.1. The number of anilines is 1. The Morgan fingerprint density at radius 3 is 2.47 bits per heavy atom. The van der Waals surface area contributed by atoms with Crippen LogP contribution >= 0.6 is 0 Å². The second-order valence-electron chi connectivity index (χ2n) is 9.18. The minimum Gasteiger partial charge on any atom is -0.369 e. The van der Waals surface area contributed by atoms with Crippen LogP contribution in [-0.4, -0.2) is 44.0 Å². The number of nitrogens with zero attached hydrogens (tertiary/aromatic N) is 2. The third-order valence-corrected chi connectivity index (χ3v) is 7.17. The summed E-state index contributed by atoms with van der Waals surface area (Å²) in [6.07, 6.45) is 3.15. The average molecular weight is 426 g/mol. The molecular weight excluding hydrogens is 394 g/mol. The summed E-state index contributed by atoms with van der Waals surface area (Å²) in [7, 11) is 2.20. The summed E-state index contributed by atoms with van der Waals surface area (Å²) in [6, 6.07) is 23.3. The highest BCUT2D eigenvalue weighted by atomic mass is 16.1. The van der Waals surface area contributed by atoms with Gasteiger partial charge in [-0.2, -0.15) is 0 Å². The van der Waals surface area contributed by atoms with Crippen LogP contribution in [0.4, 0.5) is 5.69 Å². The Labute approximate surface area is 190 Å². The molecule has 4 nitrogen and oxygen atoms in total. The lowest BCUT2D eigenvalue weighted by atomic mass is 9.76. The first-order valence-corrected chi connectivity index (χ1v) is 11.6. The number of benzene rings is 3. The Hall–Kier alpha value is -3.11. The van der Waals surface area contributed by atoms with E-state index in [1.54, 1.807) is 0 Å². The molecule has 32 heavy (non-hydrogen) atoms. The molecule has 4 heteroatoms. The molecule has 0 unspecified atom stereocenters. The highest BCUT2D eigenvalue weighted by Crippen LogP contribution is 2.41. The van der Waals surface area contributed by atoms with E-state index in [9.17, 15) is 4.79 Å². The minimum absolute atomic E-state index is 0.361. The molecule has 0 spiro atoms. The van der Waals surface area contributed by atoms with Gasteiger partial charge < -0.3 is 15.5 Å². The fraction of sp³-hybridized carbons (Fsp3) is 0.321. The number of amides is 1. The van der Waals surface area contributed by atoms with Crippen LogP contribution in [0.25, 0.3) is 11.1 Å². The Kier molecular flexibility index (Phi) is 5.71. The molecule has 1 aliphatic heterocycles. The van der Waals surface area contributed by atoms with Crippen molar-refractivity contribution in [2.45, 2.75) is 25.2 Å². The second kappa shape index (κ2) is 8.79. The molecule has 1 aliphatic carbocycles. The molecule has 1 heterocycles. The summed E-state index contributed by atoms with van der Waals surface area (Å²) in [5.41, 5.74) is 14.3. The van der Waals surface area contributed by atoms with Gasteiger partial charge in [-0.15, -0.1) is 0 Å². The van der Waals surface area contributed by atoms with Gasteiger partial charge in [0, 0.05) is 37.4 Å². The lowest BCUT2D eigenvalue weighted by Gasteiger charge is -2.37. The molecule has 3 aromatic rings. The number of nitrogens with two attached hydrogens (primary N) is 1. The van der Waals surface area contributed by atoms with Crippen molar-refractivity contribution in [3.8, 4) is 11.1 Å². The summed E-state index contributed by atoms with van der Waals surface area (Å²) >= 11 is 0. The highest BCUT2D eigenvalue weighted by Gasteiger charge is 2.27. The van der Waals surface area contributed by atoms with E-state index in [0.717, 1.165) is 45.4 Å². The third kappa shape index (κ3) is 4.03. The van der Waals surface area contributed by atoms with Gasteiger partial charge in [-0.1, -0.05) is 48.5 Å². The molecule has 1 amide bonds. The first kappa shape index (κ1) is 20.8. The molecule has 0 radical (unpaired) electrons. The van der Waals surface area contributed by atoms with E-state index in [-0.39, 0.29) is 5.91 Å². The first-order chi connectivity index (χ1) is 15.6. The zero-order valence-corrected chi connectivity index (χ0v) is 18.8. The van der Waals surface area contributed by atoms with E-state index in [4.69, 9.17) is 5.73 Å². The Morgan fingerprint density at radius 2 is 1.72 bits per heavy atom. The molecular formula is C28H31N3O. The van der Waals surface area contributed by atoms with Crippen LogP contribution in [0.1, 0.15) is 39.4 Å². The fourth-order valence-corrected chi connectivity index (χ4v) is 5.31. The number of likely N-dealkylation sites (N-methyl/N-ethyl adjacent to an activating group) is 1. The van der Waals surface area contributed by atoms with Crippen molar-refractivity contribution in [1.29, 1.82) is 0 Å². The van der Waals surface area contributed by atoms with Crippen molar-refractivity contribution < 1.29 is 4.79 Å². The van der Waals surface area contributed by atoms with Crippen molar-refractivity contribution >= 4 is 11.6 Å². The van der Waals surface area contributed by atoms with E-state index in [2.05, 4.69) is 65.4 Å². The van der Waals surface area contributed by atoms with Gasteiger partial charge in [0.05, 0.1) is 0 Å². The zero-order valence-electron chi connectivity index (χ0n) is 18.8. The third-order valence-electron chi connectivity index (χ3n) is 7.17. The predicted molar refractivity (Wildman–Crippen MR) is 131 cm³/mol. The van der Waals surface area contributed by atoms with Gasteiger partial charge >= 0.3 is 0 Å². The number of rotatable bonds is 4. The standard InChI is InChI=1S/C28H31N3O/c1-30-14-16-31(17-15-30)27-9-5-8-21-10-11-22(18-26(21)27)25-19-23(28(29)32)12-13-24(25)20-6-3-2-4-7-20/h2-9,12-13,19,22H,10-11,14-18H2,1H3,(H2,29,32)/t22-/m1/s1. The monoisotopic (exact) mass is 425 g/mol. The quantitative estimate of drug-likeness (QED) is 0.671. The normalized spacial score (nSPS) is 18.9. The van der Waals surface area contributed by atoms with Gasteiger partial charge in [-0.3, -0.25) is 4.79 Å². The molecule has 0 bridgehead atoms. The number of hydrogen-bond donors (Lipinski definition) is 1. The smallest absolute Gasteiger partial charge is 0.248 e. The average Bonchev–Trinajstić information content (AvgIpc) is 2.84. The SMILES string of the molecule is CN1CCN(c2cccc3c2C[C@H](c2cc(C(N)=O)ccc2-c2ccccc2)CC3)CC1. The van der Waals surface area contributed by atoms with E-state index < -0.39 is 0 Å². The van der Waals surface area contributed by atoms with E-state index in [0.29, 0.717) is 11.5 Å². The maximum Gasteiger partial charge on any atom is 0.248 e. The summed E-state index contributed by atoms with van der Waals surface area (Å²) < 4.78 is 0. The van der Waals surface area contributed by atoms with Crippen LogP contribution in [0.5, 0.6) is 0 Å². The highest BCUT2D eigenvalue weighted by molar-refractivity contribution is 5.94. The van der Waals surface area contributed by atoms with Crippen molar-refractivity contribution in [1.82, 2.24) is 4.90 Å². The van der Waals surface area contributed by atoms with Crippen molar-refractivity contribution in [2.24, 2.45) is 5.73 Å². The van der Waals surface area contributed by atoms with Crippen molar-refractivity contribution in [2.75, 3.05) is 38.1 Å². The van der Waals surface area contributed by atoms with Gasteiger partial charge in [0.1, 0.15) is 0 Å². The Bertz CT molecular complexity index is 1120. The molecule has 1 atom stereocenters. The number of piperazine rings is 1. The van der Waals surface area contributed by atoms with Gasteiger partial charge in [-0.25, -0.2) is 0 Å². The van der Waals surface area contributed by atoms with Gasteiger partial charge in [0.25, 0.3) is 0 Å². The van der Waals surface area contributed by atoms with Gasteiger partial charge in [0.2, 0.25) is 5.91 Å². The van der Waals surface area contributed by atoms with Crippen LogP contribution in [0.3, 0.4) is 0 Å². The Balaban J connectivity index is 1.53. The minimum atomic E-state index is -0.361. The topological polar surface area (TPSA) is 49.6 Å². The second-order valence-corrected chi connectivity index (χ2v) is 9.18. The number of carbonyl (C=O) groups excluding carboxylic acids is 1. The summed E-state index contributed by atoms with van der Waals surface area (Å²) in [5.74, 6) is 0.00539. The molecule has 2 aliphatic rings. The van der Waals surface area contributed by atoms with E-state index in [1.165, 1.54) is 33.5 Å². The van der Waals surface area contributed by atoms with E-state index >= 15 is 0 Å². The van der Waals surface area contributed by atoms with Crippen LogP contribution in [0.15, 0.2) is 66.7 Å². The first-order valence-electron chi connectivity index (χ1n) is 11.6. The summed E-state index contributed by atoms with van der Waals surface area (Å²) in [5, 5.41) is 0. The lowest BCUT2D eigenvalue weighted by Crippen LogP contribution is -2.45. The molecule has 2 N–H and O–H groups in total. The maximum absolute atomic E-state index is 12.0. The van der Waals surface area contributed by atoms with Crippen LogP contribution < -0.4 is 10.6 Å². The number of primary amides is 1. The van der Waals surface area contributed by atoms with Gasteiger partial charge in [0.15, 0.2) is 0 Å². The van der Waals surface area contributed by atoms with E-state index in [1.807, 2.05) is 18.2 Å². The van der Waals surface area contributed by atoms with Gasteiger partial charge in [-0.05, 0) is 78.2 Å². The fourth-order valence-electron chi connectivity index (χ4n) is 5.31. The van der Waals surface area contributed by atoms with Crippen LogP contribution in [0, 0.1) is 0 Å². The molecule has 164 valence electrons. The largest absolute Gasteiger partial charge is 0.369 e. The summed E-state index contributed by atoms with van der Waals surface area (Å²) in [4.78, 5) is 16.9. The molecule has 1 fully saturated rings. The maximum atomic E-state index is 12.0. The summed E-state index contributed by atoms with van der Waals surface area (Å²) in [6.45, 7) is 4.35. The lowest BCUT2D eigenvalue weighted by molar-refractivity contribution is 0.1000. The number of carbonyl (C=O) groups is 1. The number of aryl methyl sites for hydroxylation is 1. The van der Waals surface area contributed by atoms with Crippen molar-refractivity contribution in [3.05, 3.63) is 89.0 Å². The molecule has 0 aromatic heterocycles. The number of hydrogen-bond acceptors (Lipinski definition) is 3. The van der Waals surface area contributed by atoms with Crippen LogP contribution in [0.2, 0.25) is 0 Å². The molecule has 3 aromatic carbocycles.